The molecule has 0 saturated heterocycles. The number of para-hydroxylation sites is 1. The molecule has 4 aromatic rings. The van der Waals surface area contributed by atoms with Gasteiger partial charge in [0.1, 0.15) is 11.2 Å². The fourth-order valence-corrected chi connectivity index (χ4v) is 3.53. The minimum Gasteiger partial charge on any atom is -0.492 e. The van der Waals surface area contributed by atoms with E-state index in [2.05, 4.69) is 15.4 Å². The van der Waals surface area contributed by atoms with Crippen molar-refractivity contribution in [1.82, 2.24) is 14.6 Å². The standard InChI is InChI=1S/C22H16F4N4O3/c1-11-15(20(31)28-14-10-6-9-13(23)17(14)33-2)21(32)30-19(27-11)16(12-7-4-3-5-8-12)18(29-30)22(24,25)26/h3-10,27H,1-2H3,(H,28,31). The number of hydrogen-bond acceptors (Lipinski definition) is 4. The average Bonchev–Trinajstić information content (AvgIpc) is 3.15. The van der Waals surface area contributed by atoms with Crippen LogP contribution in [0.1, 0.15) is 21.7 Å². The van der Waals surface area contributed by atoms with Gasteiger partial charge in [0, 0.05) is 5.69 Å². The van der Waals surface area contributed by atoms with Gasteiger partial charge in [0.25, 0.3) is 11.5 Å². The van der Waals surface area contributed by atoms with E-state index in [4.69, 9.17) is 4.74 Å². The predicted molar refractivity (Wildman–Crippen MR) is 112 cm³/mol. The van der Waals surface area contributed by atoms with E-state index in [0.29, 0.717) is 4.52 Å². The van der Waals surface area contributed by atoms with E-state index in [1.165, 1.54) is 38.3 Å². The molecule has 0 saturated carbocycles. The molecule has 2 N–H and O–H groups in total. The molecule has 170 valence electrons. The maximum atomic E-state index is 13.9. The monoisotopic (exact) mass is 460 g/mol. The summed E-state index contributed by atoms with van der Waals surface area (Å²) < 4.78 is 60.6. The third-order valence-corrected chi connectivity index (χ3v) is 4.95. The summed E-state index contributed by atoms with van der Waals surface area (Å²) in [5, 5.41) is 5.84. The summed E-state index contributed by atoms with van der Waals surface area (Å²) in [6, 6.07) is 11.4. The molecule has 0 atom stereocenters. The van der Waals surface area contributed by atoms with Crippen molar-refractivity contribution in [2.45, 2.75) is 13.1 Å². The molecular weight excluding hydrogens is 444 g/mol. The number of carbonyl (C=O) groups is 1. The van der Waals surface area contributed by atoms with Crippen LogP contribution in [0, 0.1) is 12.7 Å². The van der Waals surface area contributed by atoms with Crippen LogP contribution in [0.4, 0.5) is 23.2 Å². The summed E-state index contributed by atoms with van der Waals surface area (Å²) >= 11 is 0. The van der Waals surface area contributed by atoms with Gasteiger partial charge in [-0.05, 0) is 24.6 Å². The zero-order chi connectivity index (χ0) is 23.9. The molecule has 1 amide bonds. The second-order valence-electron chi connectivity index (χ2n) is 7.05. The minimum absolute atomic E-state index is 0.00572. The number of rotatable bonds is 4. The number of nitrogens with one attached hydrogen (secondary N) is 2. The molecule has 0 unspecified atom stereocenters. The molecule has 11 heteroatoms. The zero-order valence-corrected chi connectivity index (χ0v) is 17.2. The number of aromatic amines is 1. The van der Waals surface area contributed by atoms with Crippen LogP contribution in [-0.2, 0) is 6.18 Å². The van der Waals surface area contributed by atoms with Gasteiger partial charge in [-0.1, -0.05) is 36.4 Å². The second-order valence-corrected chi connectivity index (χ2v) is 7.05. The summed E-state index contributed by atoms with van der Waals surface area (Å²) in [5.74, 6) is -1.97. The number of benzene rings is 2. The van der Waals surface area contributed by atoms with Crippen molar-refractivity contribution < 1.29 is 27.1 Å². The van der Waals surface area contributed by atoms with Crippen molar-refractivity contribution in [3.8, 4) is 16.9 Å². The third kappa shape index (κ3) is 3.81. The highest BCUT2D eigenvalue weighted by Gasteiger charge is 2.39. The fraction of sp³-hybridized carbons (Fsp3) is 0.136. The Morgan fingerprint density at radius 2 is 1.82 bits per heavy atom. The number of ether oxygens (including phenoxy) is 1. The number of anilines is 1. The van der Waals surface area contributed by atoms with Gasteiger partial charge in [0.05, 0.1) is 18.4 Å². The molecule has 4 rings (SSSR count). The quantitative estimate of drug-likeness (QED) is 0.442. The highest BCUT2D eigenvalue weighted by Crippen LogP contribution is 2.38. The minimum atomic E-state index is -4.86. The van der Waals surface area contributed by atoms with E-state index in [-0.39, 0.29) is 33.9 Å². The van der Waals surface area contributed by atoms with Gasteiger partial charge in [-0.3, -0.25) is 9.59 Å². The molecule has 0 fully saturated rings. The van der Waals surface area contributed by atoms with Crippen LogP contribution >= 0.6 is 0 Å². The Kier molecular flexibility index (Phi) is 5.40. The average molecular weight is 460 g/mol. The number of alkyl halides is 3. The highest BCUT2D eigenvalue weighted by molar-refractivity contribution is 6.05. The van der Waals surface area contributed by atoms with Crippen LogP contribution in [0.25, 0.3) is 16.8 Å². The van der Waals surface area contributed by atoms with Crippen LogP contribution in [0.3, 0.4) is 0 Å². The van der Waals surface area contributed by atoms with Crippen LogP contribution in [0.5, 0.6) is 5.75 Å². The Bertz CT molecular complexity index is 1430. The van der Waals surface area contributed by atoms with E-state index in [1.807, 2.05) is 0 Å². The lowest BCUT2D eigenvalue weighted by Gasteiger charge is -2.12. The molecular formula is C22H16F4N4O3. The SMILES string of the molecule is COc1c(F)cccc1NC(=O)c1c(C)[nH]c2c(-c3ccccc3)c(C(F)(F)F)nn2c1=O. The maximum Gasteiger partial charge on any atom is 0.435 e. The summed E-state index contributed by atoms with van der Waals surface area (Å²) in [6.45, 7) is 1.37. The third-order valence-electron chi connectivity index (χ3n) is 4.95. The van der Waals surface area contributed by atoms with Gasteiger partial charge in [-0.25, -0.2) is 4.39 Å². The number of halogens is 4. The number of aryl methyl sites for hydroxylation is 1. The normalized spacial score (nSPS) is 11.6. The predicted octanol–water partition coefficient (Wildman–Crippen LogP) is 4.42. The Morgan fingerprint density at radius 3 is 2.45 bits per heavy atom. The Labute approximate surface area is 183 Å². The molecule has 33 heavy (non-hydrogen) atoms. The van der Waals surface area contributed by atoms with Gasteiger partial charge < -0.3 is 15.0 Å². The van der Waals surface area contributed by atoms with Crippen molar-refractivity contribution in [3.05, 3.63) is 81.7 Å². The van der Waals surface area contributed by atoms with Crippen molar-refractivity contribution >= 4 is 17.2 Å². The Hall–Kier alpha value is -4.15. The largest absolute Gasteiger partial charge is 0.492 e. The van der Waals surface area contributed by atoms with E-state index < -0.39 is 34.7 Å². The smallest absolute Gasteiger partial charge is 0.435 e. The first-order valence-electron chi connectivity index (χ1n) is 9.55. The molecule has 2 aromatic heterocycles. The molecule has 0 aliphatic heterocycles. The number of fused-ring (bicyclic) bond motifs is 1. The van der Waals surface area contributed by atoms with Gasteiger partial charge in [-0.2, -0.15) is 22.8 Å². The van der Waals surface area contributed by atoms with E-state index in [9.17, 15) is 27.2 Å². The first-order chi connectivity index (χ1) is 15.6. The molecule has 0 spiro atoms. The molecule has 2 heterocycles. The number of carbonyl (C=O) groups excluding carboxylic acids is 1. The zero-order valence-electron chi connectivity index (χ0n) is 17.2. The summed E-state index contributed by atoms with van der Waals surface area (Å²) in [5.41, 5.74) is -3.21. The van der Waals surface area contributed by atoms with Crippen LogP contribution in [-0.4, -0.2) is 27.6 Å². The number of methoxy groups -OCH3 is 1. The second kappa shape index (κ2) is 8.08. The number of amides is 1. The first-order valence-corrected chi connectivity index (χ1v) is 9.55. The van der Waals surface area contributed by atoms with Crippen molar-refractivity contribution in [2.75, 3.05) is 12.4 Å². The van der Waals surface area contributed by atoms with Crippen molar-refractivity contribution in [1.29, 1.82) is 0 Å². The summed E-state index contributed by atoms with van der Waals surface area (Å²) in [7, 11) is 1.20. The van der Waals surface area contributed by atoms with Gasteiger partial charge in [-0.15, -0.1) is 0 Å². The van der Waals surface area contributed by atoms with E-state index in [0.717, 1.165) is 6.07 Å². The number of hydrogen-bond donors (Lipinski definition) is 2. The fourth-order valence-electron chi connectivity index (χ4n) is 3.53. The van der Waals surface area contributed by atoms with Crippen molar-refractivity contribution in [3.63, 3.8) is 0 Å². The number of H-pyrrole nitrogens is 1. The van der Waals surface area contributed by atoms with Crippen molar-refractivity contribution in [2.24, 2.45) is 0 Å². The lowest BCUT2D eigenvalue weighted by atomic mass is 10.1. The van der Waals surface area contributed by atoms with Gasteiger partial charge in [0.2, 0.25) is 0 Å². The topological polar surface area (TPSA) is 88.5 Å². The summed E-state index contributed by atoms with van der Waals surface area (Å²) in [6.07, 6.45) is -4.86. The maximum absolute atomic E-state index is 13.9. The van der Waals surface area contributed by atoms with Crippen LogP contribution < -0.4 is 15.6 Å². The summed E-state index contributed by atoms with van der Waals surface area (Å²) in [4.78, 5) is 28.6. The van der Waals surface area contributed by atoms with Crippen LogP contribution in [0.15, 0.2) is 53.3 Å². The van der Waals surface area contributed by atoms with Gasteiger partial charge >= 0.3 is 6.18 Å². The number of nitrogens with zero attached hydrogens (tertiary/aromatic N) is 2. The lowest BCUT2D eigenvalue weighted by Crippen LogP contribution is -2.29. The molecule has 2 aromatic carbocycles. The molecule has 0 bridgehead atoms. The lowest BCUT2D eigenvalue weighted by molar-refractivity contribution is -0.140. The number of aromatic nitrogens is 3. The van der Waals surface area contributed by atoms with Crippen LogP contribution in [0.2, 0.25) is 0 Å². The molecule has 0 aliphatic carbocycles. The van der Waals surface area contributed by atoms with Gasteiger partial charge in [0.15, 0.2) is 17.3 Å². The molecule has 0 aliphatic rings. The van der Waals surface area contributed by atoms with E-state index in [1.54, 1.807) is 18.2 Å². The first kappa shape index (κ1) is 22.1. The highest BCUT2D eigenvalue weighted by atomic mass is 19.4. The molecule has 7 nitrogen and oxygen atoms in total. The van der Waals surface area contributed by atoms with E-state index >= 15 is 0 Å². The Balaban J connectivity index is 1.90. The molecule has 0 radical (unpaired) electrons. The Morgan fingerprint density at radius 1 is 1.12 bits per heavy atom.